The first kappa shape index (κ1) is 14.7. The van der Waals surface area contributed by atoms with Gasteiger partial charge in [-0.2, -0.15) is 13.2 Å². The van der Waals surface area contributed by atoms with Crippen molar-refractivity contribution < 1.29 is 18.0 Å². The highest BCUT2D eigenvalue weighted by atomic mass is 79.9. The second-order valence-corrected chi connectivity index (χ2v) is 5.60. The summed E-state index contributed by atoms with van der Waals surface area (Å²) in [6.07, 6.45) is -4.39. The maximum atomic E-state index is 12.8. The molecule has 1 rings (SSSR count). The van der Waals surface area contributed by atoms with E-state index in [4.69, 9.17) is 0 Å². The minimum Gasteiger partial charge on any atom is -0.299 e. The molecule has 0 radical (unpaired) electrons. The van der Waals surface area contributed by atoms with Crippen molar-refractivity contribution in [3.8, 4) is 0 Å². The van der Waals surface area contributed by atoms with Gasteiger partial charge in [0.2, 0.25) is 0 Å². The maximum Gasteiger partial charge on any atom is 0.416 e. The number of Topliss-reactive ketones (excluding diaryl/α,β-unsaturated/α-hetero) is 1. The lowest BCUT2D eigenvalue weighted by Gasteiger charge is -2.14. The summed E-state index contributed by atoms with van der Waals surface area (Å²) in [6.45, 7) is 1.34. The molecule has 1 aromatic carbocycles. The van der Waals surface area contributed by atoms with Crippen LogP contribution >= 0.6 is 31.9 Å². The first-order valence-electron chi connectivity index (χ1n) is 4.72. The molecule has 1 aromatic rings. The summed E-state index contributed by atoms with van der Waals surface area (Å²) in [4.78, 5) is 10.4. The minimum absolute atomic E-state index is 0.0253. The van der Waals surface area contributed by atoms with Crippen LogP contribution < -0.4 is 0 Å². The average Bonchev–Trinajstić information content (AvgIpc) is 2.18. The molecule has 0 aliphatic heterocycles. The Labute approximate surface area is 114 Å². The first-order chi connectivity index (χ1) is 7.71. The highest BCUT2D eigenvalue weighted by Gasteiger charge is 2.34. The molecule has 0 saturated heterocycles. The van der Waals surface area contributed by atoms with Gasteiger partial charge in [0, 0.05) is 4.47 Å². The lowest BCUT2D eigenvalue weighted by atomic mass is 10.0. The van der Waals surface area contributed by atoms with Crippen molar-refractivity contribution in [3.63, 3.8) is 0 Å². The molecule has 0 N–H and O–H groups in total. The second kappa shape index (κ2) is 5.52. The Balaban J connectivity index is 3.11. The molecule has 0 bridgehead atoms. The Bertz CT molecular complexity index is 429. The fourth-order valence-corrected chi connectivity index (χ4v) is 2.04. The van der Waals surface area contributed by atoms with Gasteiger partial charge in [-0.3, -0.25) is 4.79 Å². The summed E-state index contributed by atoms with van der Waals surface area (Å²) < 4.78 is 38.6. The fourth-order valence-electron chi connectivity index (χ4n) is 1.33. The number of carbonyl (C=O) groups is 1. The number of hydrogen-bond acceptors (Lipinski definition) is 1. The third-order valence-corrected chi connectivity index (χ3v) is 3.68. The number of alkyl halides is 4. The zero-order valence-electron chi connectivity index (χ0n) is 8.81. The molecule has 0 aliphatic carbocycles. The van der Waals surface area contributed by atoms with Crippen molar-refractivity contribution in [2.24, 2.45) is 0 Å². The van der Waals surface area contributed by atoms with Gasteiger partial charge in [-0.15, -0.1) is 0 Å². The molecular weight excluding hydrogens is 365 g/mol. The second-order valence-electron chi connectivity index (χ2n) is 3.58. The van der Waals surface area contributed by atoms with E-state index in [0.29, 0.717) is 4.47 Å². The molecule has 0 aliphatic rings. The molecular formula is C11H9Br2F3O. The van der Waals surface area contributed by atoms with Gasteiger partial charge in [0.05, 0.1) is 10.4 Å². The van der Waals surface area contributed by atoms with Gasteiger partial charge in [-0.1, -0.05) is 37.9 Å². The van der Waals surface area contributed by atoms with Crippen LogP contribution in [0.2, 0.25) is 0 Å². The molecule has 94 valence electrons. The quantitative estimate of drug-likeness (QED) is 0.719. The molecule has 6 heteroatoms. The van der Waals surface area contributed by atoms with Crippen LogP contribution in [-0.4, -0.2) is 10.6 Å². The zero-order valence-corrected chi connectivity index (χ0v) is 12.0. The van der Waals surface area contributed by atoms with Crippen molar-refractivity contribution in [2.75, 3.05) is 0 Å². The standard InChI is InChI=1S/C11H9Br2F3O/c1-6(17)10(13)4-7-2-3-8(12)5-9(7)11(14,15)16/h2-3,5,10H,4H2,1H3. The van der Waals surface area contributed by atoms with Crippen molar-refractivity contribution in [3.05, 3.63) is 33.8 Å². The lowest BCUT2D eigenvalue weighted by Crippen LogP contribution is -2.17. The van der Waals surface area contributed by atoms with E-state index < -0.39 is 16.6 Å². The largest absolute Gasteiger partial charge is 0.416 e. The molecule has 0 fully saturated rings. The number of ketones is 1. The van der Waals surface area contributed by atoms with Crippen LogP contribution in [0.1, 0.15) is 18.1 Å². The highest BCUT2D eigenvalue weighted by molar-refractivity contribution is 9.10. The van der Waals surface area contributed by atoms with Gasteiger partial charge in [0.15, 0.2) is 0 Å². The number of rotatable bonds is 3. The topological polar surface area (TPSA) is 17.1 Å². The molecule has 17 heavy (non-hydrogen) atoms. The van der Waals surface area contributed by atoms with Crippen molar-refractivity contribution in [2.45, 2.75) is 24.3 Å². The number of halogens is 5. The number of hydrogen-bond donors (Lipinski definition) is 0. The van der Waals surface area contributed by atoms with Crippen LogP contribution in [-0.2, 0) is 17.4 Å². The monoisotopic (exact) mass is 372 g/mol. The predicted octanol–water partition coefficient (Wildman–Crippen LogP) is 4.36. The Morgan fingerprint density at radius 1 is 1.41 bits per heavy atom. The van der Waals surface area contributed by atoms with Crippen LogP contribution in [0.3, 0.4) is 0 Å². The van der Waals surface area contributed by atoms with E-state index >= 15 is 0 Å². The van der Waals surface area contributed by atoms with E-state index in [-0.39, 0.29) is 17.8 Å². The Morgan fingerprint density at radius 3 is 2.47 bits per heavy atom. The molecule has 0 aromatic heterocycles. The van der Waals surface area contributed by atoms with Crippen LogP contribution in [0.25, 0.3) is 0 Å². The maximum absolute atomic E-state index is 12.8. The minimum atomic E-state index is -4.41. The number of carbonyl (C=O) groups excluding carboxylic acids is 1. The number of benzene rings is 1. The molecule has 0 amide bonds. The third kappa shape index (κ3) is 4.10. The van der Waals surface area contributed by atoms with E-state index in [1.165, 1.54) is 19.1 Å². The molecule has 1 nitrogen and oxygen atoms in total. The van der Waals surface area contributed by atoms with Gasteiger partial charge in [-0.25, -0.2) is 0 Å². The Hall–Kier alpha value is -0.360. The van der Waals surface area contributed by atoms with Crippen molar-refractivity contribution in [1.82, 2.24) is 0 Å². The lowest BCUT2D eigenvalue weighted by molar-refractivity contribution is -0.138. The Morgan fingerprint density at radius 2 is 2.00 bits per heavy atom. The molecule has 1 atom stereocenters. The third-order valence-electron chi connectivity index (χ3n) is 2.22. The van der Waals surface area contributed by atoms with Gasteiger partial charge in [0.1, 0.15) is 5.78 Å². The van der Waals surface area contributed by atoms with E-state index in [1.807, 2.05) is 0 Å². The smallest absolute Gasteiger partial charge is 0.299 e. The van der Waals surface area contributed by atoms with Crippen LogP contribution in [0.15, 0.2) is 22.7 Å². The van der Waals surface area contributed by atoms with E-state index in [2.05, 4.69) is 31.9 Å². The fraction of sp³-hybridized carbons (Fsp3) is 0.364. The summed E-state index contributed by atoms with van der Waals surface area (Å²) in [5, 5.41) is 0. The van der Waals surface area contributed by atoms with Crippen LogP contribution in [0.4, 0.5) is 13.2 Å². The highest BCUT2D eigenvalue weighted by Crippen LogP contribution is 2.34. The average molecular weight is 374 g/mol. The Kier molecular flexibility index (Phi) is 4.77. The van der Waals surface area contributed by atoms with E-state index in [0.717, 1.165) is 6.07 Å². The zero-order chi connectivity index (χ0) is 13.2. The SMILES string of the molecule is CC(=O)C(Br)Cc1ccc(Br)cc1C(F)(F)F. The summed E-state index contributed by atoms with van der Waals surface area (Å²) in [5.74, 6) is -0.193. The van der Waals surface area contributed by atoms with E-state index in [1.54, 1.807) is 0 Å². The summed E-state index contributed by atoms with van der Waals surface area (Å²) in [7, 11) is 0. The molecule has 1 unspecified atom stereocenters. The van der Waals surface area contributed by atoms with Gasteiger partial charge >= 0.3 is 6.18 Å². The summed E-state index contributed by atoms with van der Waals surface area (Å²) in [5.41, 5.74) is -0.602. The van der Waals surface area contributed by atoms with Gasteiger partial charge < -0.3 is 0 Å². The predicted molar refractivity (Wildman–Crippen MR) is 66.2 cm³/mol. The van der Waals surface area contributed by atoms with Gasteiger partial charge in [-0.05, 0) is 31.0 Å². The first-order valence-corrected chi connectivity index (χ1v) is 6.43. The van der Waals surface area contributed by atoms with Crippen LogP contribution in [0.5, 0.6) is 0 Å². The van der Waals surface area contributed by atoms with Gasteiger partial charge in [0.25, 0.3) is 0 Å². The summed E-state index contributed by atoms with van der Waals surface area (Å²) in [6, 6.07) is 3.93. The van der Waals surface area contributed by atoms with E-state index in [9.17, 15) is 18.0 Å². The van der Waals surface area contributed by atoms with Crippen molar-refractivity contribution in [1.29, 1.82) is 0 Å². The van der Waals surface area contributed by atoms with Crippen molar-refractivity contribution >= 4 is 37.6 Å². The molecule has 0 saturated carbocycles. The summed E-state index contributed by atoms with van der Waals surface area (Å²) >= 11 is 6.07. The van der Waals surface area contributed by atoms with Crippen LogP contribution in [0, 0.1) is 0 Å². The normalized spacial score (nSPS) is 13.5. The molecule has 0 spiro atoms. The molecule has 0 heterocycles.